The molecule has 1 saturated heterocycles. The predicted octanol–water partition coefficient (Wildman–Crippen LogP) is 1.53. The second kappa shape index (κ2) is 6.37. The Kier molecular flexibility index (Phi) is 4.67. The van der Waals surface area contributed by atoms with Crippen LogP contribution in [0.15, 0.2) is 23.1 Å². The van der Waals surface area contributed by atoms with Gasteiger partial charge < -0.3 is 0 Å². The van der Waals surface area contributed by atoms with Crippen LogP contribution in [0.3, 0.4) is 0 Å². The molecule has 1 unspecified atom stereocenters. The molecule has 1 aromatic carbocycles. The molecule has 9 heteroatoms. The first-order valence-corrected chi connectivity index (χ1v) is 11.4. The SMILES string of the molecule is Cc1cc(N2C(=O)C(C)CS2(=O)=O)ccc1S(=O)(=O)NC1CCCC1. The molecule has 2 aliphatic rings. The molecule has 1 atom stereocenters. The van der Waals surface area contributed by atoms with Crippen LogP contribution in [-0.4, -0.2) is 34.5 Å². The molecule has 25 heavy (non-hydrogen) atoms. The Morgan fingerprint density at radius 2 is 1.84 bits per heavy atom. The number of benzene rings is 1. The van der Waals surface area contributed by atoms with E-state index < -0.39 is 31.9 Å². The van der Waals surface area contributed by atoms with E-state index in [4.69, 9.17) is 0 Å². The fraction of sp³-hybridized carbons (Fsp3) is 0.562. The predicted molar refractivity (Wildman–Crippen MR) is 94.2 cm³/mol. The highest BCUT2D eigenvalue weighted by molar-refractivity contribution is 7.94. The Balaban J connectivity index is 1.92. The lowest BCUT2D eigenvalue weighted by Gasteiger charge is -2.18. The van der Waals surface area contributed by atoms with Gasteiger partial charge in [0.2, 0.25) is 26.0 Å². The summed E-state index contributed by atoms with van der Waals surface area (Å²) < 4.78 is 53.0. The molecule has 1 amide bonds. The second-order valence-electron chi connectivity index (χ2n) is 6.83. The van der Waals surface area contributed by atoms with E-state index in [0.717, 1.165) is 30.0 Å². The Bertz CT molecular complexity index is 902. The van der Waals surface area contributed by atoms with Crippen LogP contribution < -0.4 is 9.03 Å². The van der Waals surface area contributed by atoms with Gasteiger partial charge in [0.15, 0.2) is 0 Å². The maximum absolute atomic E-state index is 12.6. The van der Waals surface area contributed by atoms with Crippen molar-refractivity contribution in [3.8, 4) is 0 Å². The van der Waals surface area contributed by atoms with Gasteiger partial charge in [-0.1, -0.05) is 19.8 Å². The summed E-state index contributed by atoms with van der Waals surface area (Å²) in [6.45, 7) is 3.17. The van der Waals surface area contributed by atoms with Gasteiger partial charge in [0.1, 0.15) is 0 Å². The van der Waals surface area contributed by atoms with Gasteiger partial charge in [0.05, 0.1) is 22.3 Å². The zero-order valence-electron chi connectivity index (χ0n) is 14.2. The average molecular weight is 386 g/mol. The third kappa shape index (κ3) is 3.45. The number of hydrogen-bond acceptors (Lipinski definition) is 5. The molecule has 1 aliphatic carbocycles. The van der Waals surface area contributed by atoms with Crippen molar-refractivity contribution < 1.29 is 21.6 Å². The van der Waals surface area contributed by atoms with Gasteiger partial charge in [-0.2, -0.15) is 0 Å². The van der Waals surface area contributed by atoms with Gasteiger partial charge >= 0.3 is 0 Å². The quantitative estimate of drug-likeness (QED) is 0.846. The molecule has 1 saturated carbocycles. The van der Waals surface area contributed by atoms with Crippen LogP contribution in [0.1, 0.15) is 38.2 Å². The van der Waals surface area contributed by atoms with Crippen molar-refractivity contribution in [1.82, 2.24) is 4.72 Å². The lowest BCUT2D eigenvalue weighted by Crippen LogP contribution is -2.33. The summed E-state index contributed by atoms with van der Waals surface area (Å²) in [6.07, 6.45) is 3.68. The number of aryl methyl sites for hydroxylation is 1. The maximum Gasteiger partial charge on any atom is 0.244 e. The highest BCUT2D eigenvalue weighted by Crippen LogP contribution is 2.31. The van der Waals surface area contributed by atoms with Crippen molar-refractivity contribution >= 4 is 31.6 Å². The van der Waals surface area contributed by atoms with Gasteiger partial charge in [0, 0.05) is 6.04 Å². The number of nitrogens with zero attached hydrogens (tertiary/aromatic N) is 1. The molecule has 0 bridgehead atoms. The molecule has 1 N–H and O–H groups in total. The smallest absolute Gasteiger partial charge is 0.244 e. The van der Waals surface area contributed by atoms with Crippen molar-refractivity contribution in [1.29, 1.82) is 0 Å². The zero-order valence-corrected chi connectivity index (χ0v) is 15.9. The Morgan fingerprint density at radius 3 is 2.36 bits per heavy atom. The lowest BCUT2D eigenvalue weighted by molar-refractivity contribution is -0.119. The minimum Gasteiger partial charge on any atom is -0.273 e. The standard InChI is InChI=1S/C16H22N2O5S2/c1-11-9-14(18-16(19)12(2)10-24(18,20)21)7-8-15(11)25(22,23)17-13-5-3-4-6-13/h7-9,12-13,17H,3-6,10H2,1-2H3. The van der Waals surface area contributed by atoms with E-state index >= 15 is 0 Å². The van der Waals surface area contributed by atoms with Gasteiger partial charge in [-0.3, -0.25) is 4.79 Å². The van der Waals surface area contributed by atoms with E-state index in [1.807, 2.05) is 0 Å². The molecule has 1 aliphatic heterocycles. The van der Waals surface area contributed by atoms with E-state index in [9.17, 15) is 21.6 Å². The van der Waals surface area contributed by atoms with Crippen LogP contribution >= 0.6 is 0 Å². The van der Waals surface area contributed by atoms with E-state index in [1.165, 1.54) is 18.2 Å². The summed E-state index contributed by atoms with van der Waals surface area (Å²) in [5.41, 5.74) is 0.595. The zero-order chi connectivity index (χ0) is 18.4. The monoisotopic (exact) mass is 386 g/mol. The number of carbonyl (C=O) groups excluding carboxylic acids is 1. The number of hydrogen-bond donors (Lipinski definition) is 1. The second-order valence-corrected chi connectivity index (χ2v) is 10.4. The van der Waals surface area contributed by atoms with Crippen molar-refractivity contribution in [2.75, 3.05) is 10.1 Å². The molecule has 7 nitrogen and oxygen atoms in total. The number of rotatable bonds is 4. The van der Waals surface area contributed by atoms with Gasteiger partial charge in [-0.25, -0.2) is 25.9 Å². The minimum absolute atomic E-state index is 0.0505. The third-order valence-corrected chi connectivity index (χ3v) is 8.27. The first kappa shape index (κ1) is 18.3. The summed E-state index contributed by atoms with van der Waals surface area (Å²) in [5, 5.41) is 0. The first-order valence-electron chi connectivity index (χ1n) is 8.31. The van der Waals surface area contributed by atoms with Crippen LogP contribution in [0.4, 0.5) is 5.69 Å². The molecule has 1 heterocycles. The number of nitrogens with one attached hydrogen (secondary N) is 1. The molecular formula is C16H22N2O5S2. The molecule has 0 spiro atoms. The van der Waals surface area contributed by atoms with E-state index in [2.05, 4.69) is 4.72 Å². The summed E-state index contributed by atoms with van der Waals surface area (Å²) >= 11 is 0. The van der Waals surface area contributed by atoms with Gasteiger partial charge in [-0.15, -0.1) is 0 Å². The summed E-state index contributed by atoms with van der Waals surface area (Å²) in [5.74, 6) is -1.31. The summed E-state index contributed by atoms with van der Waals surface area (Å²) in [7, 11) is -7.37. The Hall–Kier alpha value is -1.45. The highest BCUT2D eigenvalue weighted by atomic mass is 32.2. The van der Waals surface area contributed by atoms with Crippen LogP contribution in [0, 0.1) is 12.8 Å². The molecule has 138 valence electrons. The number of amides is 1. The topological polar surface area (TPSA) is 101 Å². The molecular weight excluding hydrogens is 364 g/mol. The van der Waals surface area contributed by atoms with Crippen molar-refractivity contribution in [2.45, 2.75) is 50.5 Å². The normalized spacial score (nSPS) is 24.2. The fourth-order valence-corrected chi connectivity index (χ4v) is 6.82. The third-order valence-electron chi connectivity index (χ3n) is 4.72. The highest BCUT2D eigenvalue weighted by Gasteiger charge is 2.42. The summed E-state index contributed by atoms with van der Waals surface area (Å²) in [4.78, 5) is 12.3. The molecule has 1 aromatic rings. The maximum atomic E-state index is 12.6. The van der Waals surface area contributed by atoms with Crippen molar-refractivity contribution in [3.63, 3.8) is 0 Å². The average Bonchev–Trinajstić information content (AvgIpc) is 3.04. The van der Waals surface area contributed by atoms with Crippen molar-refractivity contribution in [2.24, 2.45) is 5.92 Å². The molecule has 2 fully saturated rings. The molecule has 0 aromatic heterocycles. The first-order chi connectivity index (χ1) is 11.6. The van der Waals surface area contributed by atoms with Gasteiger partial charge in [0.25, 0.3) is 0 Å². The van der Waals surface area contributed by atoms with Crippen LogP contribution in [0.2, 0.25) is 0 Å². The Labute approximate surface area is 148 Å². The lowest BCUT2D eigenvalue weighted by atomic mass is 10.2. The van der Waals surface area contributed by atoms with Crippen LogP contribution in [0.5, 0.6) is 0 Å². The minimum atomic E-state index is -3.70. The Morgan fingerprint density at radius 1 is 1.20 bits per heavy atom. The van der Waals surface area contributed by atoms with E-state index in [-0.39, 0.29) is 22.4 Å². The van der Waals surface area contributed by atoms with Gasteiger partial charge in [-0.05, 0) is 43.5 Å². The summed E-state index contributed by atoms with van der Waals surface area (Å²) in [6, 6.07) is 4.14. The number of carbonyl (C=O) groups is 1. The molecule has 0 radical (unpaired) electrons. The van der Waals surface area contributed by atoms with Crippen LogP contribution in [0.25, 0.3) is 0 Å². The largest absolute Gasteiger partial charge is 0.273 e. The fourth-order valence-electron chi connectivity index (χ4n) is 3.47. The van der Waals surface area contributed by atoms with E-state index in [0.29, 0.717) is 5.56 Å². The van der Waals surface area contributed by atoms with Crippen molar-refractivity contribution in [3.05, 3.63) is 23.8 Å². The van der Waals surface area contributed by atoms with Crippen LogP contribution in [-0.2, 0) is 24.8 Å². The van der Waals surface area contributed by atoms with E-state index in [1.54, 1.807) is 13.8 Å². The number of anilines is 1. The molecule has 3 rings (SSSR count). The number of sulfonamides is 2.